The first-order valence-corrected chi connectivity index (χ1v) is 13.0. The maximum Gasteiger partial charge on any atom is 0.276 e. The molecule has 2 heterocycles. The van der Waals surface area contributed by atoms with Gasteiger partial charge in [0.15, 0.2) is 0 Å². The van der Waals surface area contributed by atoms with Gasteiger partial charge in [-0.3, -0.25) is 19.2 Å². The van der Waals surface area contributed by atoms with Gasteiger partial charge in [0, 0.05) is 45.5 Å². The summed E-state index contributed by atoms with van der Waals surface area (Å²) in [7, 11) is 3.55. The summed E-state index contributed by atoms with van der Waals surface area (Å²) in [6, 6.07) is 17.5. The van der Waals surface area contributed by atoms with Gasteiger partial charge in [-0.2, -0.15) is 0 Å². The SMILES string of the molecule is COc1cccc(CN2C[C@H](OCC3CC3)CN(Cc3c(C)n(C)n(-c4ccccc4)c3=O)CC2=O)c1. The molecule has 2 fully saturated rings. The van der Waals surface area contributed by atoms with E-state index in [4.69, 9.17) is 9.47 Å². The lowest BCUT2D eigenvalue weighted by molar-refractivity contribution is -0.132. The van der Waals surface area contributed by atoms with E-state index in [1.165, 1.54) is 12.8 Å². The van der Waals surface area contributed by atoms with Crippen LogP contribution in [0.1, 0.15) is 29.7 Å². The minimum absolute atomic E-state index is 0.0392. The highest BCUT2D eigenvalue weighted by Gasteiger charge is 2.31. The predicted molar refractivity (Wildman–Crippen MR) is 142 cm³/mol. The summed E-state index contributed by atoms with van der Waals surface area (Å²) in [6.45, 7) is 4.97. The predicted octanol–water partition coefficient (Wildman–Crippen LogP) is 3.13. The second-order valence-corrected chi connectivity index (χ2v) is 10.2. The number of amides is 1. The molecule has 1 atom stereocenters. The van der Waals surface area contributed by atoms with Crippen molar-refractivity contribution in [2.45, 2.75) is 39.0 Å². The van der Waals surface area contributed by atoms with Crippen LogP contribution in [0, 0.1) is 12.8 Å². The largest absolute Gasteiger partial charge is 0.497 e. The average molecular weight is 505 g/mol. The molecule has 196 valence electrons. The van der Waals surface area contributed by atoms with Crippen molar-refractivity contribution < 1.29 is 14.3 Å². The van der Waals surface area contributed by atoms with Crippen LogP contribution in [0.25, 0.3) is 5.69 Å². The van der Waals surface area contributed by atoms with E-state index in [-0.39, 0.29) is 24.1 Å². The Labute approximate surface area is 218 Å². The summed E-state index contributed by atoms with van der Waals surface area (Å²) in [5, 5.41) is 0. The molecule has 1 saturated heterocycles. The summed E-state index contributed by atoms with van der Waals surface area (Å²) >= 11 is 0. The van der Waals surface area contributed by atoms with E-state index in [0.717, 1.165) is 29.3 Å². The molecule has 8 nitrogen and oxygen atoms in total. The van der Waals surface area contributed by atoms with Crippen LogP contribution in [0.2, 0.25) is 0 Å². The molecular formula is C29H36N4O4. The smallest absolute Gasteiger partial charge is 0.276 e. The Morgan fingerprint density at radius 3 is 2.49 bits per heavy atom. The Kier molecular flexibility index (Phi) is 7.48. The number of hydrogen-bond donors (Lipinski definition) is 0. The number of para-hydroxylation sites is 1. The molecule has 1 amide bonds. The number of rotatable bonds is 9. The summed E-state index contributed by atoms with van der Waals surface area (Å²) in [4.78, 5) is 30.9. The molecular weight excluding hydrogens is 468 g/mol. The van der Waals surface area contributed by atoms with Crippen LogP contribution in [0.5, 0.6) is 5.75 Å². The molecule has 0 unspecified atom stereocenters. The molecule has 0 N–H and O–H groups in total. The normalized spacial score (nSPS) is 18.7. The third-order valence-corrected chi connectivity index (χ3v) is 7.42. The highest BCUT2D eigenvalue weighted by atomic mass is 16.5. The summed E-state index contributed by atoms with van der Waals surface area (Å²) in [6.07, 6.45) is 2.31. The standard InChI is InChI=1S/C29H36N4O4/c1-21-27(29(35)33(30(21)2)24-9-5-4-6-10-24)18-31-16-26(37-20-22-12-13-22)17-32(28(34)19-31)15-23-8-7-11-25(14-23)36-3/h4-11,14,22,26H,12-13,15-20H2,1-3H3/t26-/m1/s1. The van der Waals surface area contributed by atoms with Gasteiger partial charge >= 0.3 is 0 Å². The lowest BCUT2D eigenvalue weighted by Crippen LogP contribution is -2.37. The molecule has 3 aromatic rings. The molecule has 5 rings (SSSR count). The van der Waals surface area contributed by atoms with E-state index in [1.54, 1.807) is 11.8 Å². The van der Waals surface area contributed by atoms with Gasteiger partial charge in [0.05, 0.1) is 31.0 Å². The molecule has 1 aliphatic heterocycles. The number of carbonyl (C=O) groups excluding carboxylic acids is 1. The Bertz CT molecular complexity index is 1290. The van der Waals surface area contributed by atoms with Crippen LogP contribution < -0.4 is 10.3 Å². The van der Waals surface area contributed by atoms with Crippen molar-refractivity contribution in [1.29, 1.82) is 0 Å². The van der Waals surface area contributed by atoms with Crippen molar-refractivity contribution in [3.63, 3.8) is 0 Å². The van der Waals surface area contributed by atoms with Gasteiger partial charge in [0.25, 0.3) is 5.56 Å². The molecule has 2 aliphatic rings. The quantitative estimate of drug-likeness (QED) is 0.448. The first kappa shape index (κ1) is 25.3. The third kappa shape index (κ3) is 5.81. The van der Waals surface area contributed by atoms with Gasteiger partial charge in [0.1, 0.15) is 5.75 Å². The second kappa shape index (κ2) is 10.9. The zero-order valence-corrected chi connectivity index (χ0v) is 21.9. The first-order valence-electron chi connectivity index (χ1n) is 13.0. The van der Waals surface area contributed by atoms with Crippen molar-refractivity contribution >= 4 is 5.91 Å². The van der Waals surface area contributed by atoms with Gasteiger partial charge in [-0.25, -0.2) is 4.68 Å². The zero-order valence-electron chi connectivity index (χ0n) is 21.9. The third-order valence-electron chi connectivity index (χ3n) is 7.42. The molecule has 0 spiro atoms. The number of aromatic nitrogens is 2. The van der Waals surface area contributed by atoms with Gasteiger partial charge in [-0.05, 0) is 55.5 Å². The van der Waals surface area contributed by atoms with Crippen LogP contribution in [-0.4, -0.2) is 64.5 Å². The molecule has 1 aliphatic carbocycles. The highest BCUT2D eigenvalue weighted by molar-refractivity contribution is 5.78. The van der Waals surface area contributed by atoms with Gasteiger partial charge < -0.3 is 14.4 Å². The van der Waals surface area contributed by atoms with E-state index < -0.39 is 0 Å². The van der Waals surface area contributed by atoms with Crippen LogP contribution in [-0.2, 0) is 29.7 Å². The van der Waals surface area contributed by atoms with E-state index >= 15 is 0 Å². The molecule has 37 heavy (non-hydrogen) atoms. The number of benzene rings is 2. The summed E-state index contributed by atoms with van der Waals surface area (Å²) in [5.41, 5.74) is 3.40. The Balaban J connectivity index is 1.38. The van der Waals surface area contributed by atoms with E-state index in [0.29, 0.717) is 37.7 Å². The molecule has 8 heteroatoms. The fraction of sp³-hybridized carbons (Fsp3) is 0.448. The van der Waals surface area contributed by atoms with Crippen molar-refractivity contribution in [3.05, 3.63) is 81.8 Å². The maximum atomic E-state index is 13.5. The number of ether oxygens (including phenoxy) is 2. The number of methoxy groups -OCH3 is 1. The zero-order chi connectivity index (χ0) is 25.9. The molecule has 1 aromatic heterocycles. The summed E-state index contributed by atoms with van der Waals surface area (Å²) < 4.78 is 15.3. The molecule has 1 saturated carbocycles. The number of carbonyl (C=O) groups is 1. The molecule has 0 bridgehead atoms. The van der Waals surface area contributed by atoms with Crippen molar-refractivity contribution in [2.75, 3.05) is 33.4 Å². The fourth-order valence-corrected chi connectivity index (χ4v) is 5.01. The number of hydrogen-bond acceptors (Lipinski definition) is 5. The van der Waals surface area contributed by atoms with Crippen molar-refractivity contribution in [2.24, 2.45) is 13.0 Å². The Morgan fingerprint density at radius 1 is 0.973 bits per heavy atom. The lowest BCUT2D eigenvalue weighted by Gasteiger charge is -2.25. The van der Waals surface area contributed by atoms with E-state index in [9.17, 15) is 9.59 Å². The van der Waals surface area contributed by atoms with Crippen LogP contribution >= 0.6 is 0 Å². The van der Waals surface area contributed by atoms with Gasteiger partial charge in [-0.15, -0.1) is 0 Å². The van der Waals surface area contributed by atoms with Crippen molar-refractivity contribution in [3.8, 4) is 11.4 Å². The fourth-order valence-electron chi connectivity index (χ4n) is 5.01. The minimum Gasteiger partial charge on any atom is -0.497 e. The van der Waals surface area contributed by atoms with Gasteiger partial charge in [0.2, 0.25) is 5.91 Å². The average Bonchev–Trinajstić information content (AvgIpc) is 3.72. The van der Waals surface area contributed by atoms with E-state index in [1.807, 2.05) is 78.2 Å². The monoisotopic (exact) mass is 504 g/mol. The topological polar surface area (TPSA) is 68.9 Å². The lowest BCUT2D eigenvalue weighted by atomic mass is 10.2. The number of nitrogens with zero attached hydrogens (tertiary/aromatic N) is 4. The van der Waals surface area contributed by atoms with Crippen LogP contribution in [0.15, 0.2) is 59.4 Å². The maximum absolute atomic E-state index is 13.5. The second-order valence-electron chi connectivity index (χ2n) is 10.2. The Hall–Kier alpha value is -3.36. The van der Waals surface area contributed by atoms with Crippen LogP contribution in [0.3, 0.4) is 0 Å². The first-order chi connectivity index (χ1) is 17.9. The minimum atomic E-state index is -0.113. The van der Waals surface area contributed by atoms with Crippen LogP contribution in [0.4, 0.5) is 0 Å². The summed E-state index contributed by atoms with van der Waals surface area (Å²) in [5.74, 6) is 1.45. The highest BCUT2D eigenvalue weighted by Crippen LogP contribution is 2.29. The van der Waals surface area contributed by atoms with Crippen molar-refractivity contribution in [1.82, 2.24) is 19.2 Å². The molecule has 0 radical (unpaired) electrons. The van der Waals surface area contributed by atoms with E-state index in [2.05, 4.69) is 4.90 Å². The van der Waals surface area contributed by atoms with Gasteiger partial charge in [-0.1, -0.05) is 30.3 Å². The molecule has 2 aromatic carbocycles. The Morgan fingerprint density at radius 2 is 1.76 bits per heavy atom.